The monoisotopic (exact) mass is 303 g/mol. The van der Waals surface area contributed by atoms with Crippen LogP contribution in [0.2, 0.25) is 0 Å². The molecule has 1 aliphatic rings. The van der Waals surface area contributed by atoms with E-state index in [1.54, 1.807) is 7.11 Å². The molecule has 0 saturated carbocycles. The number of nitrogens with zero attached hydrogens (tertiary/aromatic N) is 2. The molecule has 0 bridgehead atoms. The lowest BCUT2D eigenvalue weighted by atomic mass is 10.2. The number of imidazole rings is 1. The Balaban J connectivity index is 2.08. The molecule has 0 amide bonds. The third-order valence-electron chi connectivity index (χ3n) is 3.30. The molecule has 114 valence electrons. The van der Waals surface area contributed by atoms with E-state index in [-0.39, 0.29) is 11.1 Å². The molecule has 0 unspecified atom stereocenters. The third-order valence-corrected chi connectivity index (χ3v) is 5.08. The Kier molecular flexibility index (Phi) is 5.14. The van der Waals surface area contributed by atoms with Gasteiger partial charge in [0, 0.05) is 33.2 Å². The number of aromatic nitrogens is 2. The highest BCUT2D eigenvalue weighted by atomic mass is 32.2. The van der Waals surface area contributed by atoms with Crippen molar-refractivity contribution in [1.29, 1.82) is 0 Å². The summed E-state index contributed by atoms with van der Waals surface area (Å²) in [5, 5.41) is 0.154. The summed E-state index contributed by atoms with van der Waals surface area (Å²) in [5.74, 6) is 0.674. The number of sulfonamides is 1. The fourth-order valence-corrected chi connectivity index (χ4v) is 3.52. The number of hydrogen-bond donors (Lipinski definition) is 1. The summed E-state index contributed by atoms with van der Waals surface area (Å²) >= 11 is 0. The molecule has 20 heavy (non-hydrogen) atoms. The number of nitrogens with one attached hydrogen (secondary N) is 1. The van der Waals surface area contributed by atoms with E-state index in [1.807, 2.05) is 6.92 Å². The molecule has 1 saturated heterocycles. The van der Waals surface area contributed by atoms with Crippen LogP contribution in [-0.2, 0) is 25.9 Å². The zero-order chi connectivity index (χ0) is 14.6. The molecule has 1 atom stereocenters. The molecule has 1 aliphatic heterocycles. The number of morpholine rings is 1. The minimum Gasteiger partial charge on any atom is -0.385 e. The van der Waals surface area contributed by atoms with Gasteiger partial charge in [0.2, 0.25) is 0 Å². The number of H-pyrrole nitrogens is 1. The SMILES string of the molecule is CCc1ncc(S(=O)(=O)N2CCO[C@H](CCOC)C2)[nH]1. The molecular weight excluding hydrogens is 282 g/mol. The molecule has 1 N–H and O–H groups in total. The van der Waals surface area contributed by atoms with Gasteiger partial charge in [-0.1, -0.05) is 6.92 Å². The number of aromatic amines is 1. The van der Waals surface area contributed by atoms with Crippen molar-refractivity contribution >= 4 is 10.0 Å². The van der Waals surface area contributed by atoms with Crippen LogP contribution in [0.3, 0.4) is 0 Å². The Hall–Kier alpha value is -0.960. The van der Waals surface area contributed by atoms with Crippen molar-refractivity contribution in [2.24, 2.45) is 0 Å². The summed E-state index contributed by atoms with van der Waals surface area (Å²) in [5.41, 5.74) is 0. The Morgan fingerprint density at radius 2 is 2.40 bits per heavy atom. The average Bonchev–Trinajstić information content (AvgIpc) is 2.95. The number of hydrogen-bond acceptors (Lipinski definition) is 5. The largest absolute Gasteiger partial charge is 0.385 e. The predicted octanol–water partition coefficient (Wildman–Crippen LogP) is 0.398. The van der Waals surface area contributed by atoms with Crippen LogP contribution in [0.15, 0.2) is 11.2 Å². The zero-order valence-electron chi connectivity index (χ0n) is 11.8. The summed E-state index contributed by atoms with van der Waals surface area (Å²) in [6, 6.07) is 0. The first-order chi connectivity index (χ1) is 9.57. The van der Waals surface area contributed by atoms with Crippen LogP contribution in [-0.4, -0.2) is 62.2 Å². The van der Waals surface area contributed by atoms with Crippen LogP contribution in [0, 0.1) is 0 Å². The maximum Gasteiger partial charge on any atom is 0.260 e. The molecule has 0 aliphatic carbocycles. The van der Waals surface area contributed by atoms with Crippen molar-refractivity contribution in [3.63, 3.8) is 0 Å². The lowest BCUT2D eigenvalue weighted by molar-refractivity contribution is -0.0168. The first kappa shape index (κ1) is 15.4. The van der Waals surface area contributed by atoms with Crippen LogP contribution >= 0.6 is 0 Å². The van der Waals surface area contributed by atoms with E-state index in [1.165, 1.54) is 10.5 Å². The van der Waals surface area contributed by atoms with Gasteiger partial charge in [-0.25, -0.2) is 13.4 Å². The van der Waals surface area contributed by atoms with Gasteiger partial charge in [0.15, 0.2) is 5.03 Å². The highest BCUT2D eigenvalue weighted by Gasteiger charge is 2.31. The van der Waals surface area contributed by atoms with Crippen molar-refractivity contribution < 1.29 is 17.9 Å². The van der Waals surface area contributed by atoms with Crippen LogP contribution in [0.1, 0.15) is 19.2 Å². The molecule has 2 heterocycles. The summed E-state index contributed by atoms with van der Waals surface area (Å²) in [6.07, 6.45) is 2.63. The molecule has 0 radical (unpaired) electrons. The van der Waals surface area contributed by atoms with Gasteiger partial charge in [-0.15, -0.1) is 0 Å². The van der Waals surface area contributed by atoms with Crippen molar-refractivity contribution in [1.82, 2.24) is 14.3 Å². The van der Waals surface area contributed by atoms with Gasteiger partial charge in [0.25, 0.3) is 10.0 Å². The highest BCUT2D eigenvalue weighted by molar-refractivity contribution is 7.89. The second-order valence-electron chi connectivity index (χ2n) is 4.69. The standard InChI is InChI=1S/C12H21N3O4S/c1-3-11-13-8-12(14-11)20(16,17)15-5-7-19-10(9-15)4-6-18-2/h8,10H,3-7,9H2,1-2H3,(H,13,14)/t10-/m1/s1. The van der Waals surface area contributed by atoms with Crippen molar-refractivity contribution in [2.45, 2.75) is 30.9 Å². The molecule has 1 aromatic rings. The number of methoxy groups -OCH3 is 1. The van der Waals surface area contributed by atoms with Crippen molar-refractivity contribution in [3.8, 4) is 0 Å². The second-order valence-corrected chi connectivity index (χ2v) is 6.59. The number of rotatable bonds is 6. The van der Waals surface area contributed by atoms with Crippen LogP contribution in [0.25, 0.3) is 0 Å². The van der Waals surface area contributed by atoms with E-state index in [0.29, 0.717) is 45.0 Å². The predicted molar refractivity (Wildman–Crippen MR) is 73.0 cm³/mol. The van der Waals surface area contributed by atoms with Gasteiger partial charge >= 0.3 is 0 Å². The molecule has 0 aromatic carbocycles. The number of aryl methyl sites for hydroxylation is 1. The van der Waals surface area contributed by atoms with E-state index < -0.39 is 10.0 Å². The van der Waals surface area contributed by atoms with Crippen molar-refractivity contribution in [3.05, 3.63) is 12.0 Å². The fraction of sp³-hybridized carbons (Fsp3) is 0.750. The third kappa shape index (κ3) is 3.38. The van der Waals surface area contributed by atoms with Crippen LogP contribution in [0.5, 0.6) is 0 Å². The van der Waals surface area contributed by atoms with Crippen molar-refractivity contribution in [2.75, 3.05) is 33.4 Å². The van der Waals surface area contributed by atoms with Gasteiger partial charge in [-0.2, -0.15) is 4.31 Å². The average molecular weight is 303 g/mol. The molecular formula is C12H21N3O4S. The lowest BCUT2D eigenvalue weighted by Crippen LogP contribution is -2.45. The van der Waals surface area contributed by atoms with Gasteiger partial charge in [-0.3, -0.25) is 0 Å². The zero-order valence-corrected chi connectivity index (χ0v) is 12.6. The smallest absolute Gasteiger partial charge is 0.260 e. The normalized spacial score (nSPS) is 21.2. The molecule has 8 heteroatoms. The van der Waals surface area contributed by atoms with E-state index >= 15 is 0 Å². The van der Waals surface area contributed by atoms with Gasteiger partial charge in [-0.05, 0) is 6.42 Å². The topological polar surface area (TPSA) is 84.5 Å². The maximum absolute atomic E-state index is 12.5. The maximum atomic E-state index is 12.5. The molecule has 7 nitrogen and oxygen atoms in total. The molecule has 1 aromatic heterocycles. The minimum absolute atomic E-state index is 0.118. The summed E-state index contributed by atoms with van der Waals surface area (Å²) < 4.78 is 37.0. The Morgan fingerprint density at radius 1 is 1.60 bits per heavy atom. The fourth-order valence-electron chi connectivity index (χ4n) is 2.13. The Morgan fingerprint density at radius 3 is 3.05 bits per heavy atom. The van der Waals surface area contributed by atoms with Gasteiger partial charge in [0.1, 0.15) is 5.82 Å². The number of ether oxygens (including phenoxy) is 2. The summed E-state index contributed by atoms with van der Waals surface area (Å²) in [6.45, 7) is 3.61. The highest BCUT2D eigenvalue weighted by Crippen LogP contribution is 2.18. The summed E-state index contributed by atoms with van der Waals surface area (Å²) in [7, 11) is -1.90. The van der Waals surface area contributed by atoms with E-state index in [0.717, 1.165) is 0 Å². The van der Waals surface area contributed by atoms with Gasteiger partial charge in [0.05, 0.1) is 18.9 Å². The first-order valence-electron chi connectivity index (χ1n) is 6.72. The van der Waals surface area contributed by atoms with E-state index in [9.17, 15) is 8.42 Å². The van der Waals surface area contributed by atoms with Crippen LogP contribution in [0.4, 0.5) is 0 Å². The van der Waals surface area contributed by atoms with Crippen LogP contribution < -0.4 is 0 Å². The minimum atomic E-state index is -3.51. The molecule has 0 spiro atoms. The van der Waals surface area contributed by atoms with Gasteiger partial charge < -0.3 is 14.5 Å². The quantitative estimate of drug-likeness (QED) is 0.822. The molecule has 1 fully saturated rings. The molecule has 2 rings (SSSR count). The lowest BCUT2D eigenvalue weighted by Gasteiger charge is -2.31. The second kappa shape index (κ2) is 6.66. The first-order valence-corrected chi connectivity index (χ1v) is 8.16. The Labute approximate surface area is 119 Å². The van der Waals surface area contributed by atoms with E-state index in [4.69, 9.17) is 9.47 Å². The van der Waals surface area contributed by atoms with E-state index in [2.05, 4.69) is 9.97 Å². The summed E-state index contributed by atoms with van der Waals surface area (Å²) in [4.78, 5) is 6.90. The Bertz CT molecular complexity index is 529.